The highest BCUT2D eigenvalue weighted by Crippen LogP contribution is 2.56. The molecule has 5 rings (SSSR count). The quantitative estimate of drug-likeness (QED) is 0.681. The predicted molar refractivity (Wildman–Crippen MR) is 118 cm³/mol. The highest BCUT2D eigenvalue weighted by Gasteiger charge is 2.60. The van der Waals surface area contributed by atoms with E-state index in [1.54, 1.807) is 24.0 Å². The minimum Gasteiger partial charge on any atom is -0.384 e. The maximum absolute atomic E-state index is 13.6. The van der Waals surface area contributed by atoms with Crippen molar-refractivity contribution >= 4 is 34.7 Å². The maximum atomic E-state index is 13.6. The number of nitriles is 1. The zero-order chi connectivity index (χ0) is 22.8. The van der Waals surface area contributed by atoms with Gasteiger partial charge in [-0.15, -0.1) is 0 Å². The summed E-state index contributed by atoms with van der Waals surface area (Å²) in [7, 11) is 0. The average molecular weight is 449 g/mol. The topological polar surface area (TPSA) is 99.2 Å². The Labute approximate surface area is 188 Å². The van der Waals surface area contributed by atoms with Gasteiger partial charge >= 0.3 is 0 Å². The summed E-state index contributed by atoms with van der Waals surface area (Å²) in [6, 6.07) is 11.1. The summed E-state index contributed by atoms with van der Waals surface area (Å²) in [5, 5.41) is 13.5. The number of hydrogen-bond donors (Lipinski definition) is 2. The Hall–Kier alpha value is -3.63. The standard InChI is InChI=1S/C24H18ClFN4O2/c1-12-17(25)10-9-15-21(12)29-23(32)24(15)16(11-27)22(28)30(14-7-5-13(26)6-8-14)18-3-2-4-19(31)20(18)24/h5-10H,2-4,28H2,1H3,(H,29,32). The van der Waals surface area contributed by atoms with Crippen LogP contribution in [0.25, 0.3) is 0 Å². The summed E-state index contributed by atoms with van der Waals surface area (Å²) < 4.78 is 13.6. The molecule has 0 bridgehead atoms. The molecule has 1 atom stereocenters. The van der Waals surface area contributed by atoms with Gasteiger partial charge in [-0.3, -0.25) is 14.5 Å². The van der Waals surface area contributed by atoms with E-state index in [-0.39, 0.29) is 29.2 Å². The van der Waals surface area contributed by atoms with E-state index in [0.717, 1.165) is 0 Å². The summed E-state index contributed by atoms with van der Waals surface area (Å²) in [4.78, 5) is 28.6. The number of carbonyl (C=O) groups is 2. The summed E-state index contributed by atoms with van der Waals surface area (Å²) in [6.07, 6.45) is 1.31. The lowest BCUT2D eigenvalue weighted by molar-refractivity contribution is -0.122. The van der Waals surface area contributed by atoms with Crippen LogP contribution < -0.4 is 16.0 Å². The lowest BCUT2D eigenvalue weighted by Gasteiger charge is -2.43. The first kappa shape index (κ1) is 20.3. The minimum atomic E-state index is -1.65. The molecule has 0 saturated heterocycles. The monoisotopic (exact) mass is 448 g/mol. The number of anilines is 2. The van der Waals surface area contributed by atoms with Gasteiger partial charge in [0, 0.05) is 34.0 Å². The third-order valence-corrected chi connectivity index (χ3v) is 6.89. The van der Waals surface area contributed by atoms with Crippen LogP contribution in [0.1, 0.15) is 30.4 Å². The molecule has 160 valence electrons. The molecule has 2 aromatic rings. The van der Waals surface area contributed by atoms with Crippen LogP contribution in [0.4, 0.5) is 15.8 Å². The molecule has 6 nitrogen and oxygen atoms in total. The lowest BCUT2D eigenvalue weighted by Crippen LogP contribution is -2.50. The van der Waals surface area contributed by atoms with Gasteiger partial charge in [0.25, 0.3) is 0 Å². The second-order valence-electron chi connectivity index (χ2n) is 8.08. The van der Waals surface area contributed by atoms with E-state index in [1.165, 1.54) is 24.3 Å². The van der Waals surface area contributed by atoms with Gasteiger partial charge in [0.1, 0.15) is 23.1 Å². The van der Waals surface area contributed by atoms with Crippen molar-refractivity contribution in [1.82, 2.24) is 0 Å². The molecule has 1 unspecified atom stereocenters. The molecule has 1 aliphatic carbocycles. The summed E-state index contributed by atoms with van der Waals surface area (Å²) in [5.41, 5.74) is 7.80. The van der Waals surface area contributed by atoms with Gasteiger partial charge in [0.05, 0.1) is 11.3 Å². The maximum Gasteiger partial charge on any atom is 0.245 e. The molecule has 8 heteroatoms. The first-order valence-electron chi connectivity index (χ1n) is 10.2. The third kappa shape index (κ3) is 2.44. The van der Waals surface area contributed by atoms with E-state index in [0.29, 0.717) is 46.1 Å². The van der Waals surface area contributed by atoms with E-state index in [1.807, 2.05) is 0 Å². The molecule has 2 aromatic carbocycles. The molecule has 1 spiro atoms. The number of nitrogens with one attached hydrogen (secondary N) is 1. The number of fused-ring (bicyclic) bond motifs is 3. The van der Waals surface area contributed by atoms with Crippen molar-refractivity contribution < 1.29 is 14.0 Å². The number of ketones is 1. The van der Waals surface area contributed by atoms with Crippen molar-refractivity contribution in [2.24, 2.45) is 5.73 Å². The minimum absolute atomic E-state index is 0.0335. The normalized spacial score (nSPS) is 22.1. The predicted octanol–water partition coefficient (Wildman–Crippen LogP) is 4.20. The second kappa shape index (κ2) is 6.94. The smallest absolute Gasteiger partial charge is 0.245 e. The molecule has 0 radical (unpaired) electrons. The van der Waals surface area contributed by atoms with Gasteiger partial charge < -0.3 is 11.1 Å². The highest BCUT2D eigenvalue weighted by atomic mass is 35.5. The Balaban J connectivity index is 1.89. The van der Waals surface area contributed by atoms with E-state index in [9.17, 15) is 19.2 Å². The number of Topliss-reactive ketones (excluding diaryl/α,β-unsaturated/α-hetero) is 1. The van der Waals surface area contributed by atoms with Crippen LogP contribution in [0.15, 0.2) is 59.1 Å². The van der Waals surface area contributed by atoms with Gasteiger partial charge in [-0.05, 0) is 55.7 Å². The lowest BCUT2D eigenvalue weighted by atomic mass is 9.63. The molecule has 0 aromatic heterocycles. The van der Waals surface area contributed by atoms with E-state index in [4.69, 9.17) is 17.3 Å². The van der Waals surface area contributed by atoms with Gasteiger partial charge in [-0.25, -0.2) is 4.39 Å². The number of halogens is 2. The molecule has 3 aliphatic rings. The van der Waals surface area contributed by atoms with Crippen LogP contribution in [0.2, 0.25) is 5.02 Å². The molecule has 2 heterocycles. The van der Waals surface area contributed by atoms with Crippen LogP contribution in [0.3, 0.4) is 0 Å². The van der Waals surface area contributed by atoms with Crippen LogP contribution in [0, 0.1) is 24.1 Å². The Morgan fingerprint density at radius 3 is 2.59 bits per heavy atom. The van der Waals surface area contributed by atoms with E-state index < -0.39 is 17.1 Å². The van der Waals surface area contributed by atoms with Crippen molar-refractivity contribution in [3.05, 3.63) is 81.0 Å². The molecule has 0 saturated carbocycles. The molecule has 32 heavy (non-hydrogen) atoms. The van der Waals surface area contributed by atoms with Gasteiger partial charge in [-0.2, -0.15) is 5.26 Å². The van der Waals surface area contributed by atoms with Crippen LogP contribution >= 0.6 is 11.6 Å². The zero-order valence-electron chi connectivity index (χ0n) is 17.1. The Kier molecular flexibility index (Phi) is 4.40. The number of benzene rings is 2. The Bertz CT molecular complexity index is 1320. The van der Waals surface area contributed by atoms with Crippen LogP contribution in [-0.4, -0.2) is 11.7 Å². The van der Waals surface area contributed by atoms with Crippen molar-refractivity contribution in [1.29, 1.82) is 5.26 Å². The molecular weight excluding hydrogens is 431 g/mol. The number of allylic oxidation sites excluding steroid dienone is 1. The van der Waals surface area contributed by atoms with Crippen molar-refractivity contribution in [3.63, 3.8) is 0 Å². The van der Waals surface area contributed by atoms with Crippen molar-refractivity contribution in [3.8, 4) is 6.07 Å². The number of hydrogen-bond acceptors (Lipinski definition) is 5. The number of nitrogens with zero attached hydrogens (tertiary/aromatic N) is 2. The molecule has 1 amide bonds. The summed E-state index contributed by atoms with van der Waals surface area (Å²) in [6.45, 7) is 1.77. The Morgan fingerprint density at radius 2 is 1.91 bits per heavy atom. The zero-order valence-corrected chi connectivity index (χ0v) is 17.9. The fourth-order valence-corrected chi connectivity index (χ4v) is 5.22. The van der Waals surface area contributed by atoms with Gasteiger partial charge in [0.15, 0.2) is 5.78 Å². The number of nitrogens with two attached hydrogens (primary N) is 1. The molecule has 0 fully saturated rings. The average Bonchev–Trinajstić information content (AvgIpc) is 3.05. The highest BCUT2D eigenvalue weighted by molar-refractivity contribution is 6.32. The summed E-state index contributed by atoms with van der Waals surface area (Å²) >= 11 is 6.28. The number of carbonyl (C=O) groups excluding carboxylic acids is 2. The van der Waals surface area contributed by atoms with E-state index >= 15 is 0 Å². The fraction of sp³-hybridized carbons (Fsp3) is 0.208. The number of amides is 1. The first-order valence-corrected chi connectivity index (χ1v) is 10.5. The molecule has 3 N–H and O–H groups in total. The first-order chi connectivity index (χ1) is 15.3. The van der Waals surface area contributed by atoms with Gasteiger partial charge in [-0.1, -0.05) is 17.7 Å². The number of rotatable bonds is 1. The third-order valence-electron chi connectivity index (χ3n) is 6.48. The second-order valence-corrected chi connectivity index (χ2v) is 8.49. The largest absolute Gasteiger partial charge is 0.384 e. The van der Waals surface area contributed by atoms with Crippen LogP contribution in [0.5, 0.6) is 0 Å². The van der Waals surface area contributed by atoms with E-state index in [2.05, 4.69) is 11.4 Å². The van der Waals surface area contributed by atoms with Crippen molar-refractivity contribution in [2.45, 2.75) is 31.6 Å². The molecular formula is C24H18ClFN4O2. The molecule has 2 aliphatic heterocycles. The fourth-order valence-electron chi connectivity index (χ4n) is 5.06. The van der Waals surface area contributed by atoms with Crippen LogP contribution in [-0.2, 0) is 15.0 Å². The van der Waals surface area contributed by atoms with Gasteiger partial charge in [0.2, 0.25) is 5.91 Å². The SMILES string of the molecule is Cc1c(Cl)ccc2c1NC(=O)C21C(C#N)=C(N)N(c2ccc(F)cc2)C2=C1C(=O)CCC2. The summed E-state index contributed by atoms with van der Waals surface area (Å²) in [5.74, 6) is -1.09. The Morgan fingerprint density at radius 1 is 1.19 bits per heavy atom. The van der Waals surface area contributed by atoms with Crippen molar-refractivity contribution in [2.75, 3.05) is 10.2 Å².